The maximum atomic E-state index is 13.1. The first-order valence-corrected chi connectivity index (χ1v) is 11.6. The highest BCUT2D eigenvalue weighted by molar-refractivity contribution is 7.89. The number of fused-ring (bicyclic) bond motifs is 2. The summed E-state index contributed by atoms with van der Waals surface area (Å²) in [6, 6.07) is 6.65. The summed E-state index contributed by atoms with van der Waals surface area (Å²) in [4.78, 5) is 15.0. The molecule has 1 aliphatic heterocycles. The molecular formula is C21H29F3N2O3S. The van der Waals surface area contributed by atoms with Crippen LogP contribution in [0.5, 0.6) is 0 Å². The van der Waals surface area contributed by atoms with Crippen LogP contribution in [0.2, 0.25) is 0 Å². The van der Waals surface area contributed by atoms with Crippen molar-refractivity contribution < 1.29 is 26.4 Å². The second kappa shape index (κ2) is 7.51. The molecule has 2 fully saturated rings. The zero-order valence-corrected chi connectivity index (χ0v) is 18.6. The number of hydrogen-bond donors (Lipinski definition) is 0. The molecule has 1 amide bonds. The van der Waals surface area contributed by atoms with Gasteiger partial charge in [0.2, 0.25) is 10.0 Å². The number of hydrogen-bond acceptors (Lipinski definition) is 3. The molecule has 1 saturated heterocycles. The highest BCUT2D eigenvalue weighted by Gasteiger charge is 2.51. The molecule has 0 radical (unpaired) electrons. The van der Waals surface area contributed by atoms with E-state index in [1.54, 1.807) is 24.3 Å². The van der Waals surface area contributed by atoms with Gasteiger partial charge in [-0.3, -0.25) is 4.79 Å². The summed E-state index contributed by atoms with van der Waals surface area (Å²) in [5.74, 6) is -1.94. The SMILES string of the molecule is CN(Cc1ccc(C(=O)N2CC3(C)CC2CC(C)(C)C3)cc1)S(=O)(=O)CC(F)(F)F. The van der Waals surface area contributed by atoms with Gasteiger partial charge in [0.1, 0.15) is 0 Å². The van der Waals surface area contributed by atoms with Crippen LogP contribution in [0.4, 0.5) is 13.2 Å². The van der Waals surface area contributed by atoms with E-state index in [2.05, 4.69) is 20.8 Å². The van der Waals surface area contributed by atoms with Gasteiger partial charge in [-0.1, -0.05) is 32.9 Å². The predicted octanol–water partition coefficient (Wildman–Crippen LogP) is 4.05. The quantitative estimate of drug-likeness (QED) is 0.686. The Hall–Kier alpha value is -1.61. The lowest BCUT2D eigenvalue weighted by molar-refractivity contribution is -0.107. The van der Waals surface area contributed by atoms with Gasteiger partial charge in [-0.15, -0.1) is 0 Å². The zero-order valence-electron chi connectivity index (χ0n) is 17.8. The van der Waals surface area contributed by atoms with Crippen molar-refractivity contribution in [2.45, 2.75) is 58.8 Å². The second-order valence-corrected chi connectivity index (χ2v) is 12.0. The Balaban J connectivity index is 1.68. The predicted molar refractivity (Wildman–Crippen MR) is 108 cm³/mol. The van der Waals surface area contributed by atoms with Crippen molar-refractivity contribution >= 4 is 15.9 Å². The molecule has 2 atom stereocenters. The number of halogens is 3. The van der Waals surface area contributed by atoms with E-state index in [4.69, 9.17) is 0 Å². The summed E-state index contributed by atoms with van der Waals surface area (Å²) in [7, 11) is -3.33. The molecule has 0 spiro atoms. The van der Waals surface area contributed by atoms with Crippen molar-refractivity contribution in [3.05, 3.63) is 35.4 Å². The maximum Gasteiger partial charge on any atom is 0.404 e. The third-order valence-corrected chi connectivity index (χ3v) is 7.87. The van der Waals surface area contributed by atoms with E-state index < -0.39 is 22.0 Å². The molecule has 9 heteroatoms. The van der Waals surface area contributed by atoms with Gasteiger partial charge < -0.3 is 4.90 Å². The van der Waals surface area contributed by atoms with Gasteiger partial charge in [0.25, 0.3) is 5.91 Å². The Bertz CT molecular complexity index is 912. The molecule has 0 aromatic heterocycles. The molecule has 1 heterocycles. The van der Waals surface area contributed by atoms with E-state index in [1.807, 2.05) is 4.90 Å². The third kappa shape index (κ3) is 5.17. The molecule has 1 aromatic carbocycles. The Kier molecular flexibility index (Phi) is 5.77. The molecule has 1 aromatic rings. The minimum absolute atomic E-state index is 0.0500. The number of amides is 1. The summed E-state index contributed by atoms with van der Waals surface area (Å²) in [6.45, 7) is 7.24. The van der Waals surface area contributed by atoms with Crippen LogP contribution in [0.3, 0.4) is 0 Å². The molecule has 5 nitrogen and oxygen atoms in total. The molecule has 0 N–H and O–H groups in total. The Morgan fingerprint density at radius 1 is 1.17 bits per heavy atom. The number of alkyl halides is 3. The third-order valence-electron chi connectivity index (χ3n) is 6.10. The monoisotopic (exact) mass is 446 g/mol. The number of nitrogens with zero attached hydrogens (tertiary/aromatic N) is 2. The van der Waals surface area contributed by atoms with Crippen molar-refractivity contribution in [2.75, 3.05) is 19.3 Å². The molecular weight excluding hydrogens is 417 g/mol. The van der Waals surface area contributed by atoms with Gasteiger partial charge in [0, 0.05) is 31.7 Å². The Labute approximate surface area is 176 Å². The summed E-state index contributed by atoms with van der Waals surface area (Å²) in [6.07, 6.45) is -1.74. The minimum atomic E-state index is -4.79. The van der Waals surface area contributed by atoms with Gasteiger partial charge in [-0.05, 0) is 47.8 Å². The van der Waals surface area contributed by atoms with Crippen LogP contribution in [0, 0.1) is 10.8 Å². The van der Waals surface area contributed by atoms with Gasteiger partial charge in [0.15, 0.2) is 5.75 Å². The second-order valence-electron chi connectivity index (χ2n) is 9.97. The molecule has 2 bridgehead atoms. The largest absolute Gasteiger partial charge is 0.404 e. The van der Waals surface area contributed by atoms with Gasteiger partial charge in [0.05, 0.1) is 0 Å². The van der Waals surface area contributed by atoms with Gasteiger partial charge in [-0.25, -0.2) is 12.7 Å². The molecule has 1 aliphatic carbocycles. The lowest BCUT2D eigenvalue weighted by Crippen LogP contribution is -2.37. The van der Waals surface area contributed by atoms with Crippen LogP contribution in [0.15, 0.2) is 24.3 Å². The average molecular weight is 447 g/mol. The summed E-state index contributed by atoms with van der Waals surface area (Å²) in [5, 5.41) is 0. The fourth-order valence-corrected chi connectivity index (χ4v) is 6.27. The van der Waals surface area contributed by atoms with Gasteiger partial charge >= 0.3 is 6.18 Å². The fourth-order valence-electron chi connectivity index (χ4n) is 5.29. The first-order chi connectivity index (χ1) is 13.6. The van der Waals surface area contributed by atoms with Gasteiger partial charge in [-0.2, -0.15) is 13.2 Å². The van der Waals surface area contributed by atoms with Crippen molar-refractivity contribution in [1.29, 1.82) is 0 Å². The van der Waals surface area contributed by atoms with Crippen molar-refractivity contribution in [3.63, 3.8) is 0 Å². The number of sulfonamides is 1. The number of carbonyl (C=O) groups excluding carboxylic acids is 1. The Morgan fingerprint density at radius 2 is 1.77 bits per heavy atom. The van der Waals surface area contributed by atoms with Crippen molar-refractivity contribution in [2.24, 2.45) is 10.8 Å². The van der Waals surface area contributed by atoms with Crippen LogP contribution in [-0.4, -0.2) is 55.1 Å². The van der Waals surface area contributed by atoms with E-state index in [0.29, 0.717) is 15.4 Å². The standard InChI is InChI=1S/C21H29F3N2O3S/c1-19(2)9-17-10-20(3,12-19)13-26(17)18(27)16-7-5-15(6-8-16)11-25(4)30(28,29)14-21(22,23)24/h5-8,17H,9-14H2,1-4H3. The molecule has 168 valence electrons. The molecule has 2 unspecified atom stereocenters. The van der Waals surface area contributed by atoms with Crippen LogP contribution < -0.4 is 0 Å². The summed E-state index contributed by atoms with van der Waals surface area (Å²) in [5.41, 5.74) is 1.35. The maximum absolute atomic E-state index is 13.1. The first kappa shape index (κ1) is 23.1. The lowest BCUT2D eigenvalue weighted by Gasteiger charge is -2.39. The Morgan fingerprint density at radius 3 is 2.33 bits per heavy atom. The van der Waals surface area contributed by atoms with E-state index in [1.165, 1.54) is 0 Å². The molecule has 3 rings (SSSR count). The van der Waals surface area contributed by atoms with E-state index in [-0.39, 0.29) is 29.3 Å². The topological polar surface area (TPSA) is 57.7 Å². The molecule has 2 aliphatic rings. The van der Waals surface area contributed by atoms with Crippen LogP contribution in [0.1, 0.15) is 56.0 Å². The summed E-state index contributed by atoms with van der Waals surface area (Å²) >= 11 is 0. The number of rotatable bonds is 5. The fraction of sp³-hybridized carbons (Fsp3) is 0.667. The highest BCUT2D eigenvalue weighted by atomic mass is 32.2. The highest BCUT2D eigenvalue weighted by Crippen LogP contribution is 2.52. The van der Waals surface area contributed by atoms with E-state index >= 15 is 0 Å². The van der Waals surface area contributed by atoms with Crippen LogP contribution >= 0.6 is 0 Å². The van der Waals surface area contributed by atoms with Crippen LogP contribution in [-0.2, 0) is 16.6 Å². The van der Waals surface area contributed by atoms with E-state index in [9.17, 15) is 26.4 Å². The van der Waals surface area contributed by atoms with Crippen molar-refractivity contribution in [3.8, 4) is 0 Å². The van der Waals surface area contributed by atoms with Crippen LogP contribution in [0.25, 0.3) is 0 Å². The minimum Gasteiger partial charge on any atom is -0.335 e. The number of benzene rings is 1. The smallest absolute Gasteiger partial charge is 0.335 e. The normalized spacial score (nSPS) is 26.3. The number of carbonyl (C=O) groups is 1. The lowest BCUT2D eigenvalue weighted by atomic mass is 9.65. The molecule has 1 saturated carbocycles. The molecule has 30 heavy (non-hydrogen) atoms. The van der Waals surface area contributed by atoms with E-state index in [0.717, 1.165) is 32.9 Å². The summed E-state index contributed by atoms with van der Waals surface area (Å²) < 4.78 is 61.7. The van der Waals surface area contributed by atoms with Crippen molar-refractivity contribution in [1.82, 2.24) is 9.21 Å². The zero-order chi connectivity index (χ0) is 22.5. The number of likely N-dealkylation sites (tertiary alicyclic amines) is 1. The average Bonchev–Trinajstić information content (AvgIpc) is 2.81. The first-order valence-electron chi connectivity index (χ1n) is 10.00.